The van der Waals surface area contributed by atoms with Gasteiger partial charge in [0.1, 0.15) is 0 Å². The zero-order chi connectivity index (χ0) is 18.2. The first-order chi connectivity index (χ1) is 12.0. The number of esters is 1. The molecule has 1 unspecified atom stereocenters. The summed E-state index contributed by atoms with van der Waals surface area (Å²) in [4.78, 5) is 23.9. The van der Waals surface area contributed by atoms with Crippen LogP contribution in [-0.4, -0.2) is 19.0 Å². The van der Waals surface area contributed by atoms with E-state index in [0.717, 1.165) is 11.1 Å². The van der Waals surface area contributed by atoms with E-state index in [4.69, 9.17) is 27.9 Å². The minimum atomic E-state index is -0.462. The smallest absolute Gasteiger partial charge is 0.307 e. The Morgan fingerprint density at radius 1 is 1.08 bits per heavy atom. The molecule has 0 aliphatic carbocycles. The number of nitrogens with one attached hydrogen (secondary N) is 1. The molecule has 1 amide bonds. The molecule has 2 rings (SSSR count). The number of hydrogen-bond acceptors (Lipinski definition) is 3. The van der Waals surface area contributed by atoms with Gasteiger partial charge >= 0.3 is 5.97 Å². The molecule has 1 atom stereocenters. The average Bonchev–Trinajstić information content (AvgIpc) is 2.60. The molecule has 6 heteroatoms. The van der Waals surface area contributed by atoms with E-state index in [1.54, 1.807) is 30.3 Å². The van der Waals surface area contributed by atoms with Gasteiger partial charge in [0.05, 0.1) is 19.6 Å². The molecule has 0 saturated carbocycles. The van der Waals surface area contributed by atoms with Crippen LogP contribution in [0.15, 0.2) is 48.5 Å². The van der Waals surface area contributed by atoms with Gasteiger partial charge in [-0.05, 0) is 41.8 Å². The third kappa shape index (κ3) is 6.40. The molecule has 0 bridgehead atoms. The molecule has 2 aromatic carbocycles. The molecule has 0 aromatic heterocycles. The van der Waals surface area contributed by atoms with E-state index in [0.29, 0.717) is 22.9 Å². The third-order valence-corrected chi connectivity index (χ3v) is 4.22. The van der Waals surface area contributed by atoms with Crippen molar-refractivity contribution in [2.75, 3.05) is 7.11 Å². The third-order valence-electron chi connectivity index (χ3n) is 3.74. The molecule has 2 aromatic rings. The van der Waals surface area contributed by atoms with Crippen molar-refractivity contribution >= 4 is 35.1 Å². The first-order valence-electron chi connectivity index (χ1n) is 7.84. The summed E-state index contributed by atoms with van der Waals surface area (Å²) in [7, 11) is 1.32. The van der Waals surface area contributed by atoms with Crippen molar-refractivity contribution in [1.82, 2.24) is 5.32 Å². The minimum Gasteiger partial charge on any atom is -0.469 e. The predicted molar refractivity (Wildman–Crippen MR) is 98.7 cm³/mol. The summed E-state index contributed by atoms with van der Waals surface area (Å²) >= 11 is 11.8. The van der Waals surface area contributed by atoms with Gasteiger partial charge in [-0.3, -0.25) is 9.59 Å². The number of aryl methyl sites for hydroxylation is 1. The Balaban J connectivity index is 2.00. The Bertz CT molecular complexity index is 732. The molecule has 0 fully saturated rings. The second-order valence-electron chi connectivity index (χ2n) is 5.58. The normalized spacial score (nSPS) is 11.6. The van der Waals surface area contributed by atoms with Gasteiger partial charge in [-0.1, -0.05) is 47.5 Å². The van der Waals surface area contributed by atoms with Crippen molar-refractivity contribution < 1.29 is 14.3 Å². The van der Waals surface area contributed by atoms with Gasteiger partial charge < -0.3 is 10.1 Å². The standard InChI is InChI=1S/C19H19Cl2NO3/c1-25-19(24)12-17(14-6-8-15(20)9-7-14)22-18(23)10-5-13-3-2-4-16(21)11-13/h2-4,6-9,11,17H,5,10,12H2,1H3,(H,22,23). The monoisotopic (exact) mass is 379 g/mol. The average molecular weight is 380 g/mol. The van der Waals surface area contributed by atoms with Crippen molar-refractivity contribution in [3.63, 3.8) is 0 Å². The SMILES string of the molecule is COC(=O)CC(NC(=O)CCc1cccc(Cl)c1)c1ccc(Cl)cc1. The van der Waals surface area contributed by atoms with E-state index in [9.17, 15) is 9.59 Å². The molecule has 0 saturated heterocycles. The van der Waals surface area contributed by atoms with Crippen LogP contribution in [0, 0.1) is 0 Å². The second kappa shape index (κ2) is 9.44. The highest BCUT2D eigenvalue weighted by atomic mass is 35.5. The van der Waals surface area contributed by atoms with Gasteiger partial charge in [0.15, 0.2) is 0 Å². The van der Waals surface area contributed by atoms with Crippen LogP contribution in [0.3, 0.4) is 0 Å². The van der Waals surface area contributed by atoms with E-state index in [1.165, 1.54) is 7.11 Å². The number of halogens is 2. The van der Waals surface area contributed by atoms with E-state index in [-0.39, 0.29) is 12.3 Å². The summed E-state index contributed by atoms with van der Waals surface area (Å²) < 4.78 is 4.72. The van der Waals surface area contributed by atoms with E-state index in [1.807, 2.05) is 18.2 Å². The van der Waals surface area contributed by atoms with Crippen LogP contribution in [0.5, 0.6) is 0 Å². The Morgan fingerprint density at radius 2 is 1.80 bits per heavy atom. The Hall–Kier alpha value is -2.04. The number of amides is 1. The summed E-state index contributed by atoms with van der Waals surface area (Å²) in [6.07, 6.45) is 0.921. The number of ether oxygens (including phenoxy) is 1. The van der Waals surface area contributed by atoms with Crippen LogP contribution in [0.1, 0.15) is 30.0 Å². The van der Waals surface area contributed by atoms with Crippen molar-refractivity contribution in [3.05, 3.63) is 69.7 Å². The fourth-order valence-electron chi connectivity index (χ4n) is 2.41. The fourth-order valence-corrected chi connectivity index (χ4v) is 2.75. The zero-order valence-electron chi connectivity index (χ0n) is 13.8. The fraction of sp³-hybridized carbons (Fsp3) is 0.263. The predicted octanol–water partition coefficient (Wildman–Crippen LogP) is 4.35. The van der Waals surface area contributed by atoms with Gasteiger partial charge in [0.2, 0.25) is 5.91 Å². The van der Waals surface area contributed by atoms with Crippen LogP contribution >= 0.6 is 23.2 Å². The van der Waals surface area contributed by atoms with Crippen LogP contribution in [-0.2, 0) is 20.7 Å². The molecule has 4 nitrogen and oxygen atoms in total. The highest BCUT2D eigenvalue weighted by Gasteiger charge is 2.19. The second-order valence-corrected chi connectivity index (χ2v) is 6.45. The number of benzene rings is 2. The number of carbonyl (C=O) groups excluding carboxylic acids is 2. The maximum absolute atomic E-state index is 12.3. The maximum atomic E-state index is 12.3. The lowest BCUT2D eigenvalue weighted by Crippen LogP contribution is -2.30. The Labute approximate surface area is 157 Å². The van der Waals surface area contributed by atoms with Gasteiger partial charge in [-0.15, -0.1) is 0 Å². The van der Waals surface area contributed by atoms with Crippen molar-refractivity contribution in [2.45, 2.75) is 25.3 Å². The Morgan fingerprint density at radius 3 is 2.44 bits per heavy atom. The van der Waals surface area contributed by atoms with Crippen LogP contribution in [0.4, 0.5) is 0 Å². The molecular weight excluding hydrogens is 361 g/mol. The molecule has 0 aliphatic heterocycles. The molecule has 0 radical (unpaired) electrons. The van der Waals surface area contributed by atoms with Gasteiger partial charge in [-0.25, -0.2) is 0 Å². The quantitative estimate of drug-likeness (QED) is 0.727. The molecule has 25 heavy (non-hydrogen) atoms. The minimum absolute atomic E-state index is 0.0566. The van der Waals surface area contributed by atoms with Crippen molar-refractivity contribution in [2.24, 2.45) is 0 Å². The molecule has 0 heterocycles. The van der Waals surface area contributed by atoms with E-state index in [2.05, 4.69) is 5.32 Å². The van der Waals surface area contributed by atoms with Crippen LogP contribution in [0.25, 0.3) is 0 Å². The van der Waals surface area contributed by atoms with E-state index >= 15 is 0 Å². The van der Waals surface area contributed by atoms with Crippen molar-refractivity contribution in [1.29, 1.82) is 0 Å². The molecule has 0 spiro atoms. The lowest BCUT2D eigenvalue weighted by Gasteiger charge is -2.18. The van der Waals surface area contributed by atoms with Crippen molar-refractivity contribution in [3.8, 4) is 0 Å². The van der Waals surface area contributed by atoms with E-state index < -0.39 is 12.0 Å². The summed E-state index contributed by atoms with van der Waals surface area (Å²) in [6, 6.07) is 13.9. The lowest BCUT2D eigenvalue weighted by molar-refractivity contribution is -0.141. The summed E-state index contributed by atoms with van der Waals surface area (Å²) in [5, 5.41) is 4.12. The van der Waals surface area contributed by atoms with Gasteiger partial charge in [0, 0.05) is 16.5 Å². The summed E-state index contributed by atoms with van der Waals surface area (Å²) in [5.41, 5.74) is 1.78. The van der Waals surface area contributed by atoms with Gasteiger partial charge in [-0.2, -0.15) is 0 Å². The molecular formula is C19H19Cl2NO3. The van der Waals surface area contributed by atoms with Gasteiger partial charge in [0.25, 0.3) is 0 Å². The highest BCUT2D eigenvalue weighted by Crippen LogP contribution is 2.20. The topological polar surface area (TPSA) is 55.4 Å². The number of carbonyl (C=O) groups is 2. The zero-order valence-corrected chi connectivity index (χ0v) is 15.3. The number of hydrogen-bond donors (Lipinski definition) is 1. The highest BCUT2D eigenvalue weighted by molar-refractivity contribution is 6.30. The number of methoxy groups -OCH3 is 1. The number of rotatable bonds is 7. The van der Waals surface area contributed by atoms with Crippen LogP contribution in [0.2, 0.25) is 10.0 Å². The summed E-state index contributed by atoms with van der Waals surface area (Å²) in [5.74, 6) is -0.543. The first-order valence-corrected chi connectivity index (χ1v) is 8.59. The van der Waals surface area contributed by atoms with Crippen LogP contribution < -0.4 is 5.32 Å². The first kappa shape index (κ1) is 19.3. The largest absolute Gasteiger partial charge is 0.469 e. The lowest BCUT2D eigenvalue weighted by atomic mass is 10.0. The molecule has 1 N–H and O–H groups in total. The maximum Gasteiger partial charge on any atom is 0.307 e. The Kier molecular flexibility index (Phi) is 7.29. The molecule has 0 aliphatic rings. The summed E-state index contributed by atoms with van der Waals surface area (Å²) in [6.45, 7) is 0. The molecule has 132 valence electrons.